The Morgan fingerprint density at radius 2 is 1.90 bits per heavy atom. The summed E-state index contributed by atoms with van der Waals surface area (Å²) in [6.07, 6.45) is 0. The number of carbonyl (C=O) groups excluding carboxylic acids is 2. The highest BCUT2D eigenvalue weighted by Gasteiger charge is 2.48. The number of benzene rings is 1. The van der Waals surface area contributed by atoms with E-state index in [0.717, 1.165) is 0 Å². The van der Waals surface area contributed by atoms with Crippen molar-refractivity contribution < 1.29 is 14.0 Å². The zero-order chi connectivity index (χ0) is 15.9. The molecule has 0 spiro atoms. The van der Waals surface area contributed by atoms with Gasteiger partial charge in [0.25, 0.3) is 5.91 Å². The van der Waals surface area contributed by atoms with Crippen molar-refractivity contribution in [1.82, 2.24) is 5.32 Å². The van der Waals surface area contributed by atoms with Crippen LogP contribution in [0.1, 0.15) is 33.3 Å². The fraction of sp³-hybridized carbons (Fsp3) is 0.500. The first-order valence-corrected chi connectivity index (χ1v) is 7.07. The van der Waals surface area contributed by atoms with E-state index in [0.29, 0.717) is 5.56 Å². The molecule has 0 aliphatic carbocycles. The van der Waals surface area contributed by atoms with Crippen LogP contribution in [-0.4, -0.2) is 23.4 Å². The highest BCUT2D eigenvalue weighted by molar-refractivity contribution is 6.10. The molecule has 1 atom stereocenters. The quantitative estimate of drug-likeness (QED) is 0.910. The molecule has 114 valence electrons. The number of anilines is 1. The lowest BCUT2D eigenvalue weighted by Gasteiger charge is -2.44. The molecule has 21 heavy (non-hydrogen) atoms. The maximum Gasteiger partial charge on any atom is 0.253 e. The average Bonchev–Trinajstić information content (AvgIpc) is 2.33. The second-order valence-electron chi connectivity index (χ2n) is 6.38. The molecule has 1 heterocycles. The molecule has 2 amide bonds. The number of carbonyl (C=O) groups is 2. The van der Waals surface area contributed by atoms with Gasteiger partial charge in [0.05, 0.1) is 5.69 Å². The molecule has 0 aromatic heterocycles. The number of nitrogens with zero attached hydrogens (tertiary/aromatic N) is 1. The first kappa shape index (κ1) is 15.5. The Kier molecular flexibility index (Phi) is 3.78. The number of hydrogen-bond donors (Lipinski definition) is 1. The molecule has 4 nitrogen and oxygen atoms in total. The third kappa shape index (κ3) is 2.52. The Balaban J connectivity index is 2.64. The summed E-state index contributed by atoms with van der Waals surface area (Å²) in [5.41, 5.74) is -0.208. The van der Waals surface area contributed by atoms with Crippen molar-refractivity contribution in [3.8, 4) is 0 Å². The summed E-state index contributed by atoms with van der Waals surface area (Å²) < 4.78 is 14.3. The molecule has 1 aliphatic heterocycles. The molecule has 1 unspecified atom stereocenters. The number of para-hydroxylation sites is 1. The van der Waals surface area contributed by atoms with Gasteiger partial charge in [-0.25, -0.2) is 4.39 Å². The summed E-state index contributed by atoms with van der Waals surface area (Å²) in [5, 5.41) is 2.72. The predicted molar refractivity (Wildman–Crippen MR) is 79.5 cm³/mol. The van der Waals surface area contributed by atoms with Crippen LogP contribution in [0.5, 0.6) is 0 Å². The number of nitrogens with one attached hydrogen (secondary N) is 1. The van der Waals surface area contributed by atoms with Crippen LogP contribution in [0.25, 0.3) is 0 Å². The minimum atomic E-state index is -1.04. The summed E-state index contributed by atoms with van der Waals surface area (Å²) in [5.74, 6) is -1.16. The number of hydrogen-bond acceptors (Lipinski definition) is 2. The zero-order valence-electron chi connectivity index (χ0n) is 13.0. The van der Waals surface area contributed by atoms with Crippen LogP contribution in [0.15, 0.2) is 18.2 Å². The first-order valence-electron chi connectivity index (χ1n) is 7.07. The molecule has 1 aromatic rings. The third-order valence-corrected chi connectivity index (χ3v) is 3.80. The Hall–Kier alpha value is -1.91. The zero-order valence-corrected chi connectivity index (χ0v) is 13.0. The lowest BCUT2D eigenvalue weighted by Crippen LogP contribution is -2.69. The highest BCUT2D eigenvalue weighted by atomic mass is 19.1. The van der Waals surface area contributed by atoms with Crippen molar-refractivity contribution >= 4 is 17.5 Å². The summed E-state index contributed by atoms with van der Waals surface area (Å²) in [4.78, 5) is 26.5. The first-order chi connectivity index (χ1) is 9.66. The van der Waals surface area contributed by atoms with Gasteiger partial charge in [-0.2, -0.15) is 0 Å². The molecule has 1 aliphatic rings. The van der Waals surface area contributed by atoms with Crippen LogP contribution in [-0.2, 0) is 9.59 Å². The number of piperazine rings is 1. The maximum atomic E-state index is 14.3. The van der Waals surface area contributed by atoms with E-state index < -0.39 is 17.4 Å². The van der Waals surface area contributed by atoms with Crippen molar-refractivity contribution in [2.24, 2.45) is 5.92 Å². The normalized spacial score (nSPS) is 21.7. The minimum absolute atomic E-state index is 0.121. The molecule has 0 saturated carbocycles. The predicted octanol–water partition coefficient (Wildman–Crippen LogP) is 2.40. The van der Waals surface area contributed by atoms with E-state index in [9.17, 15) is 14.0 Å². The SMILES string of the molecule is Cc1cccc(F)c1N1C(=O)C(C)(C)NC(=O)C1C(C)C. The van der Waals surface area contributed by atoms with Gasteiger partial charge in [-0.3, -0.25) is 14.5 Å². The summed E-state index contributed by atoms with van der Waals surface area (Å²) >= 11 is 0. The van der Waals surface area contributed by atoms with E-state index in [2.05, 4.69) is 5.32 Å². The van der Waals surface area contributed by atoms with Gasteiger partial charge in [-0.1, -0.05) is 26.0 Å². The molecular weight excluding hydrogens is 271 g/mol. The highest BCUT2D eigenvalue weighted by Crippen LogP contribution is 2.32. The Bertz CT molecular complexity index is 576. The summed E-state index contributed by atoms with van der Waals surface area (Å²) in [6, 6.07) is 3.94. The third-order valence-electron chi connectivity index (χ3n) is 3.80. The van der Waals surface area contributed by atoms with Gasteiger partial charge >= 0.3 is 0 Å². The number of rotatable bonds is 2. The van der Waals surface area contributed by atoms with E-state index in [1.807, 2.05) is 13.8 Å². The van der Waals surface area contributed by atoms with Gasteiger partial charge in [-0.15, -0.1) is 0 Å². The van der Waals surface area contributed by atoms with Gasteiger partial charge in [0, 0.05) is 0 Å². The average molecular weight is 292 g/mol. The van der Waals surface area contributed by atoms with E-state index in [-0.39, 0.29) is 23.4 Å². The fourth-order valence-corrected chi connectivity index (χ4v) is 2.75. The van der Waals surface area contributed by atoms with Gasteiger partial charge in [0.15, 0.2) is 0 Å². The van der Waals surface area contributed by atoms with Crippen LogP contribution in [0.3, 0.4) is 0 Å². The van der Waals surface area contributed by atoms with E-state index >= 15 is 0 Å². The monoisotopic (exact) mass is 292 g/mol. The molecule has 1 aromatic carbocycles. The second kappa shape index (κ2) is 5.13. The van der Waals surface area contributed by atoms with Crippen molar-refractivity contribution in [2.45, 2.75) is 46.2 Å². The molecule has 0 radical (unpaired) electrons. The van der Waals surface area contributed by atoms with Crippen LogP contribution < -0.4 is 10.2 Å². The van der Waals surface area contributed by atoms with Crippen molar-refractivity contribution in [3.63, 3.8) is 0 Å². The number of halogens is 1. The van der Waals surface area contributed by atoms with Crippen molar-refractivity contribution in [1.29, 1.82) is 0 Å². The van der Waals surface area contributed by atoms with Gasteiger partial charge in [-0.05, 0) is 38.3 Å². The molecule has 0 bridgehead atoms. The van der Waals surface area contributed by atoms with Gasteiger partial charge in [0.2, 0.25) is 5.91 Å². The van der Waals surface area contributed by atoms with Gasteiger partial charge < -0.3 is 5.32 Å². The summed E-state index contributed by atoms with van der Waals surface area (Å²) in [7, 11) is 0. The minimum Gasteiger partial charge on any atom is -0.340 e. The Labute approximate surface area is 124 Å². The van der Waals surface area contributed by atoms with Crippen molar-refractivity contribution in [3.05, 3.63) is 29.6 Å². The maximum absolute atomic E-state index is 14.3. The molecule has 5 heteroatoms. The molecule has 1 fully saturated rings. The topological polar surface area (TPSA) is 49.4 Å². The molecule has 2 rings (SSSR count). The summed E-state index contributed by atoms with van der Waals surface area (Å²) in [6.45, 7) is 8.69. The standard InChI is InChI=1S/C16H21FN2O2/c1-9(2)12-14(20)18-16(4,5)15(21)19(12)13-10(3)7-6-8-11(13)17/h6-9,12H,1-5H3,(H,18,20). The smallest absolute Gasteiger partial charge is 0.253 e. The van der Waals surface area contributed by atoms with E-state index in [1.54, 1.807) is 32.9 Å². The van der Waals surface area contributed by atoms with Gasteiger partial charge in [0.1, 0.15) is 17.4 Å². The fourth-order valence-electron chi connectivity index (χ4n) is 2.75. The number of amides is 2. The van der Waals surface area contributed by atoms with Crippen LogP contribution in [0.4, 0.5) is 10.1 Å². The lowest BCUT2D eigenvalue weighted by atomic mass is 9.90. The second-order valence-corrected chi connectivity index (χ2v) is 6.38. The molecule has 1 N–H and O–H groups in total. The van der Waals surface area contributed by atoms with E-state index in [1.165, 1.54) is 11.0 Å². The molecular formula is C16H21FN2O2. The largest absolute Gasteiger partial charge is 0.340 e. The number of aryl methyl sites for hydroxylation is 1. The Morgan fingerprint density at radius 1 is 1.29 bits per heavy atom. The Morgan fingerprint density at radius 3 is 2.43 bits per heavy atom. The van der Waals surface area contributed by atoms with Crippen LogP contribution in [0.2, 0.25) is 0 Å². The van der Waals surface area contributed by atoms with Crippen LogP contribution >= 0.6 is 0 Å². The lowest BCUT2D eigenvalue weighted by molar-refractivity contribution is -0.138. The van der Waals surface area contributed by atoms with E-state index in [4.69, 9.17) is 0 Å². The van der Waals surface area contributed by atoms with Crippen molar-refractivity contribution in [2.75, 3.05) is 4.90 Å². The molecule has 1 saturated heterocycles. The van der Waals surface area contributed by atoms with Crippen LogP contribution in [0, 0.1) is 18.7 Å².